The first kappa shape index (κ1) is 20.7. The normalized spacial score (nSPS) is 18.0. The van der Waals surface area contributed by atoms with Gasteiger partial charge in [-0.2, -0.15) is 4.98 Å². The highest BCUT2D eigenvalue weighted by atomic mass is 35.5. The van der Waals surface area contributed by atoms with E-state index in [0.29, 0.717) is 19.6 Å². The summed E-state index contributed by atoms with van der Waals surface area (Å²) in [5.74, 6) is 0.267. The van der Waals surface area contributed by atoms with Gasteiger partial charge in [-0.1, -0.05) is 11.6 Å². The number of ether oxygens (including phenoxy) is 1. The Labute approximate surface area is 159 Å². The molecule has 1 aliphatic heterocycles. The van der Waals surface area contributed by atoms with E-state index in [1.165, 1.54) is 6.20 Å². The van der Waals surface area contributed by atoms with Crippen molar-refractivity contribution < 1.29 is 17.9 Å². The van der Waals surface area contributed by atoms with Crippen LogP contribution < -0.4 is 4.90 Å². The second kappa shape index (κ2) is 6.84. The van der Waals surface area contributed by atoms with E-state index in [4.69, 9.17) is 16.3 Å². The van der Waals surface area contributed by atoms with E-state index in [9.17, 15) is 13.2 Å². The average Bonchev–Trinajstić information content (AvgIpc) is 2.44. The van der Waals surface area contributed by atoms with Crippen molar-refractivity contribution in [2.45, 2.75) is 50.8 Å². The Balaban J connectivity index is 2.25. The SMILES string of the molecule is CC(C)(C)OC(=O)N1CCN(c2ncc(Cl)c(S(C)(=O)=O)n2)C(C)(C)C1. The number of nitrogens with zero attached hydrogens (tertiary/aromatic N) is 4. The first-order chi connectivity index (χ1) is 11.7. The van der Waals surface area contributed by atoms with Crippen LogP contribution in [0.5, 0.6) is 0 Å². The van der Waals surface area contributed by atoms with E-state index in [0.717, 1.165) is 6.26 Å². The van der Waals surface area contributed by atoms with Gasteiger partial charge >= 0.3 is 6.09 Å². The molecule has 1 fully saturated rings. The minimum atomic E-state index is -3.57. The van der Waals surface area contributed by atoms with Crippen LogP contribution in [0.2, 0.25) is 5.02 Å². The minimum Gasteiger partial charge on any atom is -0.444 e. The molecule has 10 heteroatoms. The Bertz CT molecular complexity index is 805. The van der Waals surface area contributed by atoms with Gasteiger partial charge in [-0.3, -0.25) is 0 Å². The summed E-state index contributed by atoms with van der Waals surface area (Å²) in [5, 5.41) is -0.212. The Kier molecular flexibility index (Phi) is 5.45. The van der Waals surface area contributed by atoms with Gasteiger partial charge in [0.1, 0.15) is 5.60 Å². The summed E-state index contributed by atoms with van der Waals surface area (Å²) in [5.41, 5.74) is -1.08. The molecular weight excluding hydrogens is 380 g/mol. The summed E-state index contributed by atoms with van der Waals surface area (Å²) in [4.78, 5) is 24.2. The summed E-state index contributed by atoms with van der Waals surface area (Å²) >= 11 is 5.92. The lowest BCUT2D eigenvalue weighted by Crippen LogP contribution is -2.61. The van der Waals surface area contributed by atoms with Crippen molar-refractivity contribution in [2.24, 2.45) is 0 Å². The predicted molar refractivity (Wildman–Crippen MR) is 99.4 cm³/mol. The molecular formula is C16H25ClN4O4S. The summed E-state index contributed by atoms with van der Waals surface area (Å²) in [6.07, 6.45) is 1.96. The maximum Gasteiger partial charge on any atom is 0.410 e. The molecule has 26 heavy (non-hydrogen) atoms. The van der Waals surface area contributed by atoms with Crippen molar-refractivity contribution in [2.75, 3.05) is 30.8 Å². The number of anilines is 1. The molecule has 0 unspecified atom stereocenters. The van der Waals surface area contributed by atoms with E-state index in [1.807, 2.05) is 39.5 Å². The Morgan fingerprint density at radius 1 is 1.31 bits per heavy atom. The monoisotopic (exact) mass is 404 g/mol. The molecule has 2 rings (SSSR count). The average molecular weight is 405 g/mol. The smallest absolute Gasteiger partial charge is 0.410 e. The van der Waals surface area contributed by atoms with Crippen molar-refractivity contribution in [3.8, 4) is 0 Å². The lowest BCUT2D eigenvalue weighted by Gasteiger charge is -2.47. The van der Waals surface area contributed by atoms with E-state index >= 15 is 0 Å². The molecule has 146 valence electrons. The molecule has 8 nitrogen and oxygen atoms in total. The fourth-order valence-corrected chi connectivity index (χ4v) is 3.91. The summed E-state index contributed by atoms with van der Waals surface area (Å²) in [7, 11) is -3.57. The maximum absolute atomic E-state index is 12.3. The second-order valence-electron chi connectivity index (χ2n) is 7.96. The van der Waals surface area contributed by atoms with E-state index in [-0.39, 0.29) is 22.1 Å². The van der Waals surface area contributed by atoms with Crippen LogP contribution in [0.3, 0.4) is 0 Å². The number of carbonyl (C=O) groups is 1. The van der Waals surface area contributed by atoms with Crippen LogP contribution in [0.15, 0.2) is 11.2 Å². The van der Waals surface area contributed by atoms with Crippen molar-refractivity contribution in [1.29, 1.82) is 0 Å². The van der Waals surface area contributed by atoms with Gasteiger partial charge in [-0.15, -0.1) is 0 Å². The van der Waals surface area contributed by atoms with Crippen LogP contribution in [0.4, 0.5) is 10.7 Å². The lowest BCUT2D eigenvalue weighted by molar-refractivity contribution is 0.0178. The van der Waals surface area contributed by atoms with Crippen LogP contribution in [-0.4, -0.2) is 66.4 Å². The summed E-state index contributed by atoms with van der Waals surface area (Å²) in [6.45, 7) is 10.6. The first-order valence-corrected chi connectivity index (χ1v) is 10.5. The molecule has 0 spiro atoms. The highest BCUT2D eigenvalue weighted by molar-refractivity contribution is 7.90. The van der Waals surface area contributed by atoms with E-state index < -0.39 is 21.0 Å². The summed E-state index contributed by atoms with van der Waals surface area (Å²) in [6, 6.07) is 0. The number of halogens is 1. The van der Waals surface area contributed by atoms with Gasteiger partial charge in [0.15, 0.2) is 14.9 Å². The quantitative estimate of drug-likeness (QED) is 0.698. The first-order valence-electron chi connectivity index (χ1n) is 8.19. The standard InChI is InChI=1S/C16H25ClN4O4S/c1-15(2,3)25-14(22)20-7-8-21(16(4,5)10-20)13-18-9-11(17)12(19-13)26(6,23)24/h9H,7-8,10H2,1-6H3. The third-order valence-corrected chi connectivity index (χ3v) is 5.25. The van der Waals surface area contributed by atoms with Crippen molar-refractivity contribution in [1.82, 2.24) is 14.9 Å². The van der Waals surface area contributed by atoms with Crippen LogP contribution in [0.1, 0.15) is 34.6 Å². The predicted octanol–water partition coefficient (Wildman–Crippen LogP) is 2.37. The number of piperazine rings is 1. The molecule has 2 heterocycles. The van der Waals surface area contributed by atoms with Crippen LogP contribution in [0.25, 0.3) is 0 Å². The molecule has 0 N–H and O–H groups in total. The number of amides is 1. The highest BCUT2D eigenvalue weighted by Gasteiger charge is 2.39. The van der Waals surface area contributed by atoms with Crippen molar-refractivity contribution in [3.63, 3.8) is 0 Å². The Morgan fingerprint density at radius 3 is 2.42 bits per heavy atom. The van der Waals surface area contributed by atoms with Crippen LogP contribution >= 0.6 is 11.6 Å². The Hall–Kier alpha value is -1.61. The number of hydrogen-bond acceptors (Lipinski definition) is 7. The minimum absolute atomic E-state index is 0.0125. The molecule has 1 aromatic heterocycles. The third-order valence-electron chi connectivity index (χ3n) is 3.85. The molecule has 1 aromatic rings. The van der Waals surface area contributed by atoms with E-state index in [1.54, 1.807) is 4.90 Å². The molecule has 0 aliphatic carbocycles. The maximum atomic E-state index is 12.3. The molecule has 0 aromatic carbocycles. The van der Waals surface area contributed by atoms with Crippen LogP contribution in [-0.2, 0) is 14.6 Å². The zero-order chi connectivity index (χ0) is 19.9. The lowest BCUT2D eigenvalue weighted by atomic mass is 9.99. The van der Waals surface area contributed by atoms with E-state index in [2.05, 4.69) is 9.97 Å². The molecule has 1 aliphatic rings. The number of hydrogen-bond donors (Lipinski definition) is 0. The van der Waals surface area contributed by atoms with Gasteiger partial charge in [0.2, 0.25) is 5.95 Å². The fraction of sp³-hybridized carbons (Fsp3) is 0.688. The Morgan fingerprint density at radius 2 is 1.92 bits per heavy atom. The summed E-state index contributed by atoms with van der Waals surface area (Å²) < 4.78 is 29.2. The van der Waals surface area contributed by atoms with Crippen molar-refractivity contribution >= 4 is 33.5 Å². The molecule has 0 atom stereocenters. The van der Waals surface area contributed by atoms with Gasteiger partial charge in [0.05, 0.1) is 16.8 Å². The molecule has 1 saturated heterocycles. The largest absolute Gasteiger partial charge is 0.444 e. The van der Waals surface area contributed by atoms with Gasteiger partial charge in [-0.25, -0.2) is 18.2 Å². The van der Waals surface area contributed by atoms with Crippen LogP contribution in [0, 0.1) is 0 Å². The topological polar surface area (TPSA) is 92.7 Å². The molecule has 0 radical (unpaired) electrons. The molecule has 0 saturated carbocycles. The zero-order valence-electron chi connectivity index (χ0n) is 15.9. The highest BCUT2D eigenvalue weighted by Crippen LogP contribution is 2.28. The number of rotatable bonds is 2. The third kappa shape index (κ3) is 4.76. The molecule has 1 amide bonds. The second-order valence-corrected chi connectivity index (χ2v) is 10.3. The van der Waals surface area contributed by atoms with Gasteiger partial charge in [0.25, 0.3) is 0 Å². The van der Waals surface area contributed by atoms with Crippen molar-refractivity contribution in [3.05, 3.63) is 11.2 Å². The molecule has 0 bridgehead atoms. The van der Waals surface area contributed by atoms with Gasteiger partial charge in [0, 0.05) is 25.9 Å². The number of carbonyl (C=O) groups excluding carboxylic acids is 1. The zero-order valence-corrected chi connectivity index (χ0v) is 17.5. The number of aromatic nitrogens is 2. The van der Waals surface area contributed by atoms with Gasteiger partial charge < -0.3 is 14.5 Å². The number of sulfone groups is 1. The fourth-order valence-electron chi connectivity index (χ4n) is 2.74. The van der Waals surface area contributed by atoms with Gasteiger partial charge in [-0.05, 0) is 34.6 Å².